The first kappa shape index (κ1) is 18.9. The van der Waals surface area contributed by atoms with E-state index >= 15 is 0 Å². The molecule has 0 radical (unpaired) electrons. The van der Waals surface area contributed by atoms with E-state index in [1.54, 1.807) is 36.4 Å². The normalized spacial score (nSPS) is 10.6. The van der Waals surface area contributed by atoms with Gasteiger partial charge in [-0.25, -0.2) is 0 Å². The average Bonchev–Trinajstić information content (AvgIpc) is 2.69. The van der Waals surface area contributed by atoms with E-state index in [9.17, 15) is 13.6 Å². The van der Waals surface area contributed by atoms with Gasteiger partial charge in [0.25, 0.3) is 11.7 Å². The lowest BCUT2D eigenvalue weighted by molar-refractivity contribution is 0.102. The zero-order chi connectivity index (χ0) is 19.1. The molecule has 1 N–H and O–H groups in total. The molecule has 0 spiro atoms. The Morgan fingerprint density at radius 1 is 0.926 bits per heavy atom. The highest BCUT2D eigenvalue weighted by Gasteiger charge is 2.08. The molecule has 0 bridgehead atoms. The van der Waals surface area contributed by atoms with Gasteiger partial charge in [0.05, 0.1) is 0 Å². The number of ether oxygens (including phenoxy) is 1. The number of para-hydroxylation sites is 1. The van der Waals surface area contributed by atoms with Crippen molar-refractivity contribution in [1.82, 2.24) is 0 Å². The summed E-state index contributed by atoms with van der Waals surface area (Å²) in [6, 6.07) is 22.9. The van der Waals surface area contributed by atoms with Gasteiger partial charge >= 0.3 is 0 Å². The third-order valence-electron chi connectivity index (χ3n) is 3.70. The molecule has 3 rings (SSSR count). The predicted octanol–water partition coefficient (Wildman–Crippen LogP) is 5.83. The minimum Gasteiger partial charge on any atom is -0.489 e. The fourth-order valence-electron chi connectivity index (χ4n) is 2.36. The smallest absolute Gasteiger partial charge is 0.288 e. The Bertz CT molecular complexity index is 869. The molecule has 0 fully saturated rings. The van der Waals surface area contributed by atoms with E-state index in [2.05, 4.69) is 5.32 Å². The van der Waals surface area contributed by atoms with Gasteiger partial charge in [0, 0.05) is 16.1 Å². The lowest BCUT2D eigenvalue weighted by Gasteiger charge is -2.08. The summed E-state index contributed by atoms with van der Waals surface area (Å²) >= 11 is 0.469. The van der Waals surface area contributed by atoms with Crippen LogP contribution in [0.2, 0.25) is 0 Å². The van der Waals surface area contributed by atoms with Gasteiger partial charge in [-0.15, -0.1) is 0 Å². The van der Waals surface area contributed by atoms with Gasteiger partial charge in [0.1, 0.15) is 12.4 Å². The van der Waals surface area contributed by atoms with Crippen molar-refractivity contribution >= 4 is 23.4 Å². The number of nitrogens with one attached hydrogen (secondary N) is 1. The van der Waals surface area contributed by atoms with Crippen LogP contribution in [0.1, 0.15) is 15.9 Å². The van der Waals surface area contributed by atoms with Crippen LogP contribution in [0.5, 0.6) is 5.75 Å². The molecular formula is C21H17F2NO2S. The summed E-state index contributed by atoms with van der Waals surface area (Å²) in [5, 5.41) is 2.75. The summed E-state index contributed by atoms with van der Waals surface area (Å²) in [7, 11) is 0. The van der Waals surface area contributed by atoms with Crippen molar-refractivity contribution in [2.45, 2.75) is 17.3 Å². The topological polar surface area (TPSA) is 38.3 Å². The van der Waals surface area contributed by atoms with Crippen LogP contribution >= 0.6 is 11.8 Å². The quantitative estimate of drug-likeness (QED) is 0.520. The lowest BCUT2D eigenvalue weighted by Crippen LogP contribution is -2.11. The number of alkyl halides is 2. The molecule has 0 saturated heterocycles. The van der Waals surface area contributed by atoms with Crippen molar-refractivity contribution in [3.05, 3.63) is 90.0 Å². The Hall–Kier alpha value is -2.86. The Morgan fingerprint density at radius 2 is 1.59 bits per heavy atom. The number of rotatable bonds is 7. The maximum absolute atomic E-state index is 12.3. The number of carbonyl (C=O) groups excluding carboxylic acids is 1. The molecule has 0 atom stereocenters. The molecule has 1 amide bonds. The van der Waals surface area contributed by atoms with Crippen molar-refractivity contribution in [3.63, 3.8) is 0 Å². The van der Waals surface area contributed by atoms with Crippen LogP contribution in [-0.2, 0) is 6.61 Å². The van der Waals surface area contributed by atoms with Crippen LogP contribution in [0.4, 0.5) is 14.5 Å². The molecule has 0 aliphatic rings. The van der Waals surface area contributed by atoms with Gasteiger partial charge < -0.3 is 10.1 Å². The molecule has 3 aromatic carbocycles. The van der Waals surface area contributed by atoms with Crippen molar-refractivity contribution in [1.29, 1.82) is 0 Å². The molecule has 0 aliphatic heterocycles. The first-order chi connectivity index (χ1) is 13.1. The van der Waals surface area contributed by atoms with Crippen molar-refractivity contribution in [2.75, 3.05) is 5.32 Å². The zero-order valence-corrected chi connectivity index (χ0v) is 15.1. The van der Waals surface area contributed by atoms with E-state index in [0.717, 1.165) is 11.3 Å². The van der Waals surface area contributed by atoms with Crippen LogP contribution in [0, 0.1) is 0 Å². The summed E-state index contributed by atoms with van der Waals surface area (Å²) in [5.74, 6) is -1.94. The van der Waals surface area contributed by atoms with E-state index in [4.69, 9.17) is 4.74 Å². The van der Waals surface area contributed by atoms with Gasteiger partial charge in [0.2, 0.25) is 0 Å². The van der Waals surface area contributed by atoms with E-state index in [1.165, 1.54) is 0 Å². The molecule has 0 saturated carbocycles. The molecule has 0 unspecified atom stereocenters. The number of anilines is 1. The lowest BCUT2D eigenvalue weighted by atomic mass is 10.1. The van der Waals surface area contributed by atoms with E-state index < -0.39 is 5.76 Å². The van der Waals surface area contributed by atoms with Crippen LogP contribution in [0.3, 0.4) is 0 Å². The first-order valence-electron chi connectivity index (χ1n) is 8.23. The molecule has 138 valence electrons. The highest BCUT2D eigenvalue weighted by Crippen LogP contribution is 2.26. The highest BCUT2D eigenvalue weighted by atomic mass is 32.2. The van der Waals surface area contributed by atoms with Gasteiger partial charge in [-0.2, -0.15) is 8.78 Å². The molecule has 0 heterocycles. The molecular weight excluding hydrogens is 368 g/mol. The number of hydrogen-bond acceptors (Lipinski definition) is 3. The summed E-state index contributed by atoms with van der Waals surface area (Å²) in [6.45, 7) is 0.412. The number of carbonyl (C=O) groups is 1. The van der Waals surface area contributed by atoms with Crippen LogP contribution in [0.25, 0.3) is 0 Å². The average molecular weight is 385 g/mol. The minimum absolute atomic E-state index is 0.264. The number of benzene rings is 3. The monoisotopic (exact) mass is 385 g/mol. The number of hydrogen-bond donors (Lipinski definition) is 1. The fourth-order valence-corrected chi connectivity index (χ4v) is 2.86. The van der Waals surface area contributed by atoms with E-state index in [0.29, 0.717) is 34.5 Å². The summed E-state index contributed by atoms with van der Waals surface area (Å²) in [4.78, 5) is 12.7. The number of halogens is 2. The Morgan fingerprint density at radius 3 is 2.22 bits per heavy atom. The second-order valence-corrected chi connectivity index (χ2v) is 6.72. The predicted molar refractivity (Wildman–Crippen MR) is 103 cm³/mol. The third-order valence-corrected chi connectivity index (χ3v) is 4.42. The van der Waals surface area contributed by atoms with Crippen LogP contribution in [-0.4, -0.2) is 11.7 Å². The Balaban J connectivity index is 1.55. The summed E-state index contributed by atoms with van der Waals surface area (Å²) in [6.07, 6.45) is 0. The maximum Gasteiger partial charge on any atom is 0.288 e. The number of thioether (sulfide) groups is 1. The maximum atomic E-state index is 12.3. The zero-order valence-electron chi connectivity index (χ0n) is 14.3. The molecule has 27 heavy (non-hydrogen) atoms. The van der Waals surface area contributed by atoms with Crippen LogP contribution in [0.15, 0.2) is 83.8 Å². The fraction of sp³-hybridized carbons (Fsp3) is 0.0952. The van der Waals surface area contributed by atoms with Crippen molar-refractivity contribution < 1.29 is 18.3 Å². The van der Waals surface area contributed by atoms with Gasteiger partial charge in [-0.05, 0) is 54.1 Å². The highest BCUT2D eigenvalue weighted by molar-refractivity contribution is 7.99. The Labute approximate surface area is 160 Å². The molecule has 6 heteroatoms. The van der Waals surface area contributed by atoms with Gasteiger partial charge in [0.15, 0.2) is 0 Å². The third kappa shape index (κ3) is 5.82. The summed E-state index contributed by atoms with van der Waals surface area (Å²) < 4.78 is 30.3. The van der Waals surface area contributed by atoms with Gasteiger partial charge in [-0.3, -0.25) is 4.79 Å². The largest absolute Gasteiger partial charge is 0.489 e. The second-order valence-electron chi connectivity index (χ2n) is 5.66. The Kier molecular flexibility index (Phi) is 6.44. The van der Waals surface area contributed by atoms with Crippen molar-refractivity contribution in [3.8, 4) is 5.75 Å². The summed E-state index contributed by atoms with van der Waals surface area (Å²) in [5.41, 5.74) is 2.00. The van der Waals surface area contributed by atoms with Gasteiger partial charge in [-0.1, -0.05) is 42.1 Å². The molecule has 3 nitrogen and oxygen atoms in total. The second kappa shape index (κ2) is 9.19. The SMILES string of the molecule is O=C(Nc1ccc(SC(F)F)cc1)c1ccc(COc2ccccc2)cc1. The standard InChI is InChI=1S/C21H17F2NO2S/c22-21(23)27-19-12-10-17(11-13-19)24-20(25)16-8-6-15(7-9-16)14-26-18-4-2-1-3-5-18/h1-13,21H,14H2,(H,24,25). The molecule has 0 aliphatic carbocycles. The first-order valence-corrected chi connectivity index (χ1v) is 9.11. The van der Waals surface area contributed by atoms with Crippen molar-refractivity contribution in [2.24, 2.45) is 0 Å². The van der Waals surface area contributed by atoms with E-state index in [1.807, 2.05) is 42.5 Å². The molecule has 3 aromatic rings. The molecule has 0 aromatic heterocycles. The van der Waals surface area contributed by atoms with E-state index in [-0.39, 0.29) is 5.91 Å². The minimum atomic E-state index is -2.46. The van der Waals surface area contributed by atoms with Crippen LogP contribution < -0.4 is 10.1 Å². The number of amides is 1.